The van der Waals surface area contributed by atoms with Crippen LogP contribution >= 0.6 is 12.4 Å². The maximum absolute atomic E-state index is 12.8. The summed E-state index contributed by atoms with van der Waals surface area (Å²) in [4.78, 5) is 29.1. The van der Waals surface area contributed by atoms with Gasteiger partial charge in [0, 0.05) is 32.1 Å². The van der Waals surface area contributed by atoms with E-state index in [2.05, 4.69) is 17.1 Å². The predicted molar refractivity (Wildman–Crippen MR) is 97.1 cm³/mol. The molecule has 1 aliphatic carbocycles. The molecule has 2 aliphatic heterocycles. The number of likely N-dealkylation sites (tertiary alicyclic amines) is 2. The number of nitrogens with zero attached hydrogens (tertiary/aromatic N) is 2. The van der Waals surface area contributed by atoms with E-state index < -0.39 is 0 Å². The van der Waals surface area contributed by atoms with Crippen molar-refractivity contribution in [1.29, 1.82) is 0 Å². The fourth-order valence-corrected chi connectivity index (χ4v) is 3.93. The number of nitrogens with one attached hydrogen (secondary N) is 1. The Hall–Kier alpha value is -0.810. The SMILES string of the molecule is CCNCC1CCN(C(=O)C2CCCN(C(=O)C3CC3)C2)CC1.Cl. The lowest BCUT2D eigenvalue weighted by molar-refractivity contribution is -0.142. The molecule has 2 heterocycles. The molecular weight excluding hydrogens is 326 g/mol. The Labute approximate surface area is 151 Å². The van der Waals surface area contributed by atoms with E-state index >= 15 is 0 Å². The first-order valence-electron chi connectivity index (χ1n) is 9.47. The standard InChI is InChI=1S/C18H31N3O2.ClH/c1-2-19-12-14-7-10-20(11-8-14)18(23)16-4-3-9-21(13-16)17(22)15-5-6-15;/h14-16,19H,2-13H2,1H3;1H. The predicted octanol–water partition coefficient (Wildman–Crippen LogP) is 1.90. The molecule has 1 N–H and O–H groups in total. The normalized spacial score (nSPS) is 25.3. The Kier molecular flexibility index (Phi) is 7.35. The average molecular weight is 358 g/mol. The van der Waals surface area contributed by atoms with Crippen molar-refractivity contribution >= 4 is 24.2 Å². The van der Waals surface area contributed by atoms with Gasteiger partial charge in [-0.05, 0) is 57.5 Å². The van der Waals surface area contributed by atoms with Crippen molar-refractivity contribution in [2.24, 2.45) is 17.8 Å². The fourth-order valence-electron chi connectivity index (χ4n) is 3.93. The van der Waals surface area contributed by atoms with Gasteiger partial charge >= 0.3 is 0 Å². The second-order valence-corrected chi connectivity index (χ2v) is 7.47. The van der Waals surface area contributed by atoms with Gasteiger partial charge in [0.25, 0.3) is 0 Å². The van der Waals surface area contributed by atoms with Gasteiger partial charge in [0.2, 0.25) is 11.8 Å². The third-order valence-electron chi connectivity index (χ3n) is 5.62. The lowest BCUT2D eigenvalue weighted by atomic mass is 9.92. The van der Waals surface area contributed by atoms with Crippen LogP contribution in [0.4, 0.5) is 0 Å². The molecule has 0 aromatic heterocycles. The third-order valence-corrected chi connectivity index (χ3v) is 5.62. The summed E-state index contributed by atoms with van der Waals surface area (Å²) in [7, 11) is 0. The molecule has 6 heteroatoms. The summed E-state index contributed by atoms with van der Waals surface area (Å²) < 4.78 is 0. The minimum atomic E-state index is 0. The first kappa shape index (κ1) is 19.5. The molecule has 3 aliphatic rings. The number of halogens is 1. The highest BCUT2D eigenvalue weighted by atomic mass is 35.5. The van der Waals surface area contributed by atoms with Gasteiger partial charge in [-0.1, -0.05) is 6.92 Å². The maximum Gasteiger partial charge on any atom is 0.227 e. The van der Waals surface area contributed by atoms with Crippen molar-refractivity contribution in [2.75, 3.05) is 39.3 Å². The molecule has 0 aromatic rings. The molecule has 0 spiro atoms. The second kappa shape index (κ2) is 9.04. The van der Waals surface area contributed by atoms with Crippen LogP contribution in [0.5, 0.6) is 0 Å². The molecule has 1 atom stereocenters. The van der Waals surface area contributed by atoms with Crippen molar-refractivity contribution in [3.05, 3.63) is 0 Å². The number of amides is 2. The molecule has 0 bridgehead atoms. The van der Waals surface area contributed by atoms with Crippen molar-refractivity contribution in [1.82, 2.24) is 15.1 Å². The number of rotatable bonds is 5. The Morgan fingerprint density at radius 3 is 2.21 bits per heavy atom. The van der Waals surface area contributed by atoms with Crippen molar-refractivity contribution < 1.29 is 9.59 Å². The molecule has 3 rings (SSSR count). The Balaban J connectivity index is 0.00000208. The lowest BCUT2D eigenvalue weighted by Gasteiger charge is -2.38. The van der Waals surface area contributed by atoms with Gasteiger partial charge in [0.15, 0.2) is 0 Å². The number of hydrogen-bond donors (Lipinski definition) is 1. The topological polar surface area (TPSA) is 52.7 Å². The molecule has 1 unspecified atom stereocenters. The van der Waals surface area contributed by atoms with Crippen LogP contribution < -0.4 is 5.32 Å². The summed E-state index contributed by atoms with van der Waals surface area (Å²) in [5, 5.41) is 3.41. The van der Waals surface area contributed by atoms with Crippen molar-refractivity contribution in [2.45, 2.75) is 45.4 Å². The van der Waals surface area contributed by atoms with Crippen LogP contribution in [0.3, 0.4) is 0 Å². The van der Waals surface area contributed by atoms with E-state index in [0.717, 1.165) is 71.2 Å². The largest absolute Gasteiger partial charge is 0.342 e. The second-order valence-electron chi connectivity index (χ2n) is 7.47. The van der Waals surface area contributed by atoms with E-state index in [1.54, 1.807) is 0 Å². The molecule has 2 amide bonds. The minimum absolute atomic E-state index is 0. The van der Waals surface area contributed by atoms with Crippen LogP contribution in [0, 0.1) is 17.8 Å². The summed E-state index contributed by atoms with van der Waals surface area (Å²) in [6, 6.07) is 0. The Morgan fingerprint density at radius 2 is 1.58 bits per heavy atom. The van der Waals surface area contributed by atoms with E-state index in [1.165, 1.54) is 0 Å². The van der Waals surface area contributed by atoms with Crippen molar-refractivity contribution in [3.8, 4) is 0 Å². The smallest absolute Gasteiger partial charge is 0.227 e. The van der Waals surface area contributed by atoms with E-state index in [9.17, 15) is 9.59 Å². The molecule has 2 saturated heterocycles. The zero-order chi connectivity index (χ0) is 16.2. The molecule has 1 saturated carbocycles. The first-order chi connectivity index (χ1) is 11.2. The van der Waals surface area contributed by atoms with Gasteiger partial charge in [-0.3, -0.25) is 9.59 Å². The van der Waals surface area contributed by atoms with Gasteiger partial charge in [-0.25, -0.2) is 0 Å². The highest BCUT2D eigenvalue weighted by Crippen LogP contribution is 2.33. The molecule has 5 nitrogen and oxygen atoms in total. The minimum Gasteiger partial charge on any atom is -0.342 e. The van der Waals surface area contributed by atoms with E-state index in [1.807, 2.05) is 4.90 Å². The average Bonchev–Trinajstić information content (AvgIpc) is 3.44. The molecule has 138 valence electrons. The van der Waals surface area contributed by atoms with Crippen LogP contribution in [0.1, 0.15) is 45.4 Å². The highest BCUT2D eigenvalue weighted by Gasteiger charge is 2.38. The first-order valence-corrected chi connectivity index (χ1v) is 9.47. The molecule has 0 aromatic carbocycles. The van der Waals surface area contributed by atoms with E-state index in [-0.39, 0.29) is 24.2 Å². The number of carbonyl (C=O) groups is 2. The zero-order valence-electron chi connectivity index (χ0n) is 14.8. The summed E-state index contributed by atoms with van der Waals surface area (Å²) in [6.07, 6.45) is 6.24. The van der Waals surface area contributed by atoms with E-state index in [4.69, 9.17) is 0 Å². The van der Waals surface area contributed by atoms with Crippen LogP contribution in [0.15, 0.2) is 0 Å². The van der Waals surface area contributed by atoms with Crippen molar-refractivity contribution in [3.63, 3.8) is 0 Å². The van der Waals surface area contributed by atoms with Gasteiger partial charge in [-0.15, -0.1) is 12.4 Å². The summed E-state index contributed by atoms with van der Waals surface area (Å²) in [6.45, 7) is 7.52. The molecule has 0 radical (unpaired) electrons. The van der Waals surface area contributed by atoms with Crippen LogP contribution in [0.25, 0.3) is 0 Å². The summed E-state index contributed by atoms with van der Waals surface area (Å²) in [5.41, 5.74) is 0. The number of carbonyl (C=O) groups excluding carboxylic acids is 2. The summed E-state index contributed by atoms with van der Waals surface area (Å²) in [5.74, 6) is 1.60. The van der Waals surface area contributed by atoms with Gasteiger partial charge in [0.1, 0.15) is 0 Å². The third kappa shape index (κ3) is 4.85. The van der Waals surface area contributed by atoms with Gasteiger partial charge in [0.05, 0.1) is 5.92 Å². The van der Waals surface area contributed by atoms with Gasteiger partial charge < -0.3 is 15.1 Å². The molecule has 3 fully saturated rings. The lowest BCUT2D eigenvalue weighted by Crippen LogP contribution is -2.49. The van der Waals surface area contributed by atoms with Crippen LogP contribution in [-0.2, 0) is 9.59 Å². The Morgan fingerprint density at radius 1 is 0.917 bits per heavy atom. The zero-order valence-corrected chi connectivity index (χ0v) is 15.7. The number of piperidine rings is 2. The maximum atomic E-state index is 12.8. The van der Waals surface area contributed by atoms with E-state index in [0.29, 0.717) is 24.3 Å². The monoisotopic (exact) mass is 357 g/mol. The molecule has 24 heavy (non-hydrogen) atoms. The van der Waals surface area contributed by atoms with Gasteiger partial charge in [-0.2, -0.15) is 0 Å². The highest BCUT2D eigenvalue weighted by molar-refractivity contribution is 5.85. The van der Waals surface area contributed by atoms with Crippen LogP contribution in [-0.4, -0.2) is 60.9 Å². The summed E-state index contributed by atoms with van der Waals surface area (Å²) >= 11 is 0. The number of hydrogen-bond acceptors (Lipinski definition) is 3. The fraction of sp³-hybridized carbons (Fsp3) is 0.889. The van der Waals surface area contributed by atoms with Crippen LogP contribution in [0.2, 0.25) is 0 Å². The Bertz CT molecular complexity index is 434. The quantitative estimate of drug-likeness (QED) is 0.817. The molecular formula is C18H32ClN3O2.